The van der Waals surface area contributed by atoms with Crippen molar-refractivity contribution in [2.24, 2.45) is 17.6 Å². The predicted octanol–water partition coefficient (Wildman–Crippen LogP) is 2.21. The zero-order valence-electron chi connectivity index (χ0n) is 11.6. The molecule has 0 aliphatic carbocycles. The molecule has 3 N–H and O–H groups in total. The van der Waals surface area contributed by atoms with E-state index in [0.29, 0.717) is 23.9 Å². The lowest BCUT2D eigenvalue weighted by Gasteiger charge is -2.16. The molecular formula is C15H24N2O. The van der Waals surface area contributed by atoms with Crippen LogP contribution in [-0.4, -0.2) is 19.0 Å². The van der Waals surface area contributed by atoms with Gasteiger partial charge in [-0.3, -0.25) is 4.79 Å². The molecule has 0 spiro atoms. The van der Waals surface area contributed by atoms with Crippen LogP contribution in [0.1, 0.15) is 36.7 Å². The molecule has 0 heterocycles. The molecule has 3 nitrogen and oxygen atoms in total. The first-order chi connectivity index (χ1) is 8.54. The molecule has 0 aliphatic rings. The third-order valence-corrected chi connectivity index (χ3v) is 3.37. The van der Waals surface area contributed by atoms with Crippen LogP contribution < -0.4 is 11.1 Å². The maximum absolute atomic E-state index is 11.9. The van der Waals surface area contributed by atoms with Crippen molar-refractivity contribution in [2.75, 3.05) is 13.1 Å². The van der Waals surface area contributed by atoms with E-state index in [1.807, 2.05) is 24.3 Å². The Kier molecular flexibility index (Phi) is 5.86. The fourth-order valence-corrected chi connectivity index (χ4v) is 1.58. The third-order valence-electron chi connectivity index (χ3n) is 3.37. The van der Waals surface area contributed by atoms with Gasteiger partial charge in [0.05, 0.1) is 0 Å². The van der Waals surface area contributed by atoms with Crippen molar-refractivity contribution in [1.82, 2.24) is 5.32 Å². The van der Waals surface area contributed by atoms with Gasteiger partial charge in [0.25, 0.3) is 5.91 Å². The number of carbonyl (C=O) groups excluding carboxylic acids is 1. The molecule has 18 heavy (non-hydrogen) atoms. The smallest absolute Gasteiger partial charge is 0.251 e. The first-order valence-electron chi connectivity index (χ1n) is 6.61. The molecule has 0 aliphatic heterocycles. The third kappa shape index (κ3) is 4.49. The molecule has 3 heteroatoms. The van der Waals surface area contributed by atoms with Crippen molar-refractivity contribution in [3.8, 4) is 0 Å². The van der Waals surface area contributed by atoms with E-state index in [9.17, 15) is 4.79 Å². The molecule has 0 saturated heterocycles. The van der Waals surface area contributed by atoms with E-state index < -0.39 is 0 Å². The molecule has 0 bridgehead atoms. The lowest BCUT2D eigenvalue weighted by molar-refractivity contribution is 0.0945. The summed E-state index contributed by atoms with van der Waals surface area (Å²) in [5.41, 5.74) is 7.37. The molecule has 0 fully saturated rings. The number of nitrogens with one attached hydrogen (secondary N) is 1. The van der Waals surface area contributed by atoms with Crippen LogP contribution in [0.2, 0.25) is 0 Å². The Hall–Kier alpha value is -1.35. The predicted molar refractivity (Wildman–Crippen MR) is 75.5 cm³/mol. The van der Waals surface area contributed by atoms with E-state index in [4.69, 9.17) is 5.73 Å². The van der Waals surface area contributed by atoms with Gasteiger partial charge < -0.3 is 11.1 Å². The summed E-state index contributed by atoms with van der Waals surface area (Å²) in [5.74, 6) is 1.07. The molecule has 1 unspecified atom stereocenters. The van der Waals surface area contributed by atoms with Crippen LogP contribution in [0.15, 0.2) is 24.3 Å². The SMILES string of the molecule is CC(C)C(C)CNC(=O)c1ccc(CCN)cc1. The summed E-state index contributed by atoms with van der Waals surface area (Å²) < 4.78 is 0. The zero-order chi connectivity index (χ0) is 13.5. The van der Waals surface area contributed by atoms with Crippen molar-refractivity contribution in [1.29, 1.82) is 0 Å². The molecule has 100 valence electrons. The van der Waals surface area contributed by atoms with Crippen LogP contribution in [-0.2, 0) is 6.42 Å². The second-order valence-corrected chi connectivity index (χ2v) is 5.17. The van der Waals surface area contributed by atoms with Crippen molar-refractivity contribution < 1.29 is 4.79 Å². The van der Waals surface area contributed by atoms with Gasteiger partial charge in [-0.05, 0) is 42.5 Å². The Morgan fingerprint density at radius 3 is 2.33 bits per heavy atom. The van der Waals surface area contributed by atoms with E-state index in [1.54, 1.807) is 0 Å². The van der Waals surface area contributed by atoms with Gasteiger partial charge in [-0.1, -0.05) is 32.9 Å². The zero-order valence-corrected chi connectivity index (χ0v) is 11.6. The second kappa shape index (κ2) is 7.17. The van der Waals surface area contributed by atoms with E-state index >= 15 is 0 Å². The number of rotatable bonds is 6. The van der Waals surface area contributed by atoms with Gasteiger partial charge in [0.15, 0.2) is 0 Å². The summed E-state index contributed by atoms with van der Waals surface area (Å²) in [4.78, 5) is 11.9. The summed E-state index contributed by atoms with van der Waals surface area (Å²) in [6.07, 6.45) is 0.853. The minimum absolute atomic E-state index is 0.00167. The van der Waals surface area contributed by atoms with Crippen molar-refractivity contribution >= 4 is 5.91 Å². The summed E-state index contributed by atoms with van der Waals surface area (Å²) >= 11 is 0. The van der Waals surface area contributed by atoms with Gasteiger partial charge in [-0.15, -0.1) is 0 Å². The molecule has 1 aromatic carbocycles. The summed E-state index contributed by atoms with van der Waals surface area (Å²) in [6.45, 7) is 7.84. The molecule has 1 atom stereocenters. The molecule has 0 radical (unpaired) electrons. The van der Waals surface area contributed by atoms with Crippen molar-refractivity contribution in [3.63, 3.8) is 0 Å². The highest BCUT2D eigenvalue weighted by molar-refractivity contribution is 5.94. The number of nitrogens with two attached hydrogens (primary N) is 1. The van der Waals surface area contributed by atoms with E-state index in [-0.39, 0.29) is 5.91 Å². The van der Waals surface area contributed by atoms with Crippen LogP contribution >= 0.6 is 0 Å². The van der Waals surface area contributed by atoms with Crippen LogP contribution in [0.4, 0.5) is 0 Å². The topological polar surface area (TPSA) is 55.1 Å². The lowest BCUT2D eigenvalue weighted by Crippen LogP contribution is -2.30. The van der Waals surface area contributed by atoms with Gasteiger partial charge in [-0.2, -0.15) is 0 Å². The lowest BCUT2D eigenvalue weighted by atomic mass is 9.98. The Bertz CT molecular complexity index is 371. The van der Waals surface area contributed by atoms with E-state index in [1.165, 1.54) is 5.56 Å². The number of benzene rings is 1. The fraction of sp³-hybridized carbons (Fsp3) is 0.533. The highest BCUT2D eigenvalue weighted by Crippen LogP contribution is 2.09. The van der Waals surface area contributed by atoms with E-state index in [2.05, 4.69) is 26.1 Å². The minimum atomic E-state index is 0.00167. The van der Waals surface area contributed by atoms with Crippen molar-refractivity contribution in [2.45, 2.75) is 27.2 Å². The van der Waals surface area contributed by atoms with Gasteiger partial charge in [0.2, 0.25) is 0 Å². The van der Waals surface area contributed by atoms with Crippen LogP contribution in [0.25, 0.3) is 0 Å². The monoisotopic (exact) mass is 248 g/mol. The maximum Gasteiger partial charge on any atom is 0.251 e. The van der Waals surface area contributed by atoms with Gasteiger partial charge in [-0.25, -0.2) is 0 Å². The number of hydrogen-bond acceptors (Lipinski definition) is 2. The Morgan fingerprint density at radius 1 is 1.22 bits per heavy atom. The Labute approximate surface area is 110 Å². The highest BCUT2D eigenvalue weighted by Gasteiger charge is 2.10. The number of carbonyl (C=O) groups is 1. The average molecular weight is 248 g/mol. The van der Waals surface area contributed by atoms with Gasteiger partial charge in [0, 0.05) is 12.1 Å². The summed E-state index contributed by atoms with van der Waals surface area (Å²) in [6, 6.07) is 7.65. The Balaban J connectivity index is 2.51. The van der Waals surface area contributed by atoms with Crippen LogP contribution in [0.5, 0.6) is 0 Å². The molecule has 0 saturated carbocycles. The summed E-state index contributed by atoms with van der Waals surface area (Å²) in [5, 5.41) is 2.97. The largest absolute Gasteiger partial charge is 0.352 e. The normalized spacial score (nSPS) is 12.5. The minimum Gasteiger partial charge on any atom is -0.352 e. The average Bonchev–Trinajstić information content (AvgIpc) is 2.36. The maximum atomic E-state index is 11.9. The van der Waals surface area contributed by atoms with Gasteiger partial charge in [0.1, 0.15) is 0 Å². The molecule has 1 amide bonds. The molecule has 1 rings (SSSR count). The molecular weight excluding hydrogens is 224 g/mol. The van der Waals surface area contributed by atoms with Crippen molar-refractivity contribution in [3.05, 3.63) is 35.4 Å². The van der Waals surface area contributed by atoms with Gasteiger partial charge >= 0.3 is 0 Å². The standard InChI is InChI=1S/C15H24N2O/c1-11(2)12(3)10-17-15(18)14-6-4-13(5-7-14)8-9-16/h4-7,11-12H,8-10,16H2,1-3H3,(H,17,18). The fourth-order valence-electron chi connectivity index (χ4n) is 1.58. The quantitative estimate of drug-likeness (QED) is 0.811. The second-order valence-electron chi connectivity index (χ2n) is 5.17. The van der Waals surface area contributed by atoms with E-state index in [0.717, 1.165) is 13.0 Å². The van der Waals surface area contributed by atoms with Crippen LogP contribution in [0.3, 0.4) is 0 Å². The Morgan fingerprint density at radius 2 is 1.83 bits per heavy atom. The summed E-state index contributed by atoms with van der Waals surface area (Å²) in [7, 11) is 0. The first-order valence-corrected chi connectivity index (χ1v) is 6.61. The first kappa shape index (κ1) is 14.7. The highest BCUT2D eigenvalue weighted by atomic mass is 16.1. The molecule has 0 aromatic heterocycles. The van der Waals surface area contributed by atoms with Crippen LogP contribution in [0, 0.1) is 11.8 Å². The molecule has 1 aromatic rings. The number of hydrogen-bond donors (Lipinski definition) is 2. The number of amides is 1.